The standard InChI is InChI=1S/C23H24N2O2S/c1-4-13-5-7-14(8-6-13)17-11-28-23(24-17)25-21(26)19-15-9-10-16(18(15)12(2)3)20(19)22(25)27/h5-8,11,15-16,19-20H,4,9-10H2,1-3H3/t15-,16-,19-,20+/m1/s1. The fourth-order valence-electron chi connectivity index (χ4n) is 5.59. The molecule has 5 heteroatoms. The average Bonchev–Trinajstić information content (AvgIpc) is 3.44. The molecule has 0 radical (unpaired) electrons. The summed E-state index contributed by atoms with van der Waals surface area (Å²) in [6, 6.07) is 8.32. The third kappa shape index (κ3) is 2.38. The van der Waals surface area contributed by atoms with Crippen molar-refractivity contribution in [1.82, 2.24) is 4.98 Å². The van der Waals surface area contributed by atoms with Crippen LogP contribution in [0.1, 0.15) is 39.2 Å². The molecule has 4 nitrogen and oxygen atoms in total. The lowest BCUT2D eigenvalue weighted by Crippen LogP contribution is -2.33. The monoisotopic (exact) mass is 392 g/mol. The van der Waals surface area contributed by atoms with E-state index in [1.165, 1.54) is 32.9 Å². The van der Waals surface area contributed by atoms with E-state index < -0.39 is 0 Å². The van der Waals surface area contributed by atoms with Gasteiger partial charge in [0, 0.05) is 10.9 Å². The number of thiazole rings is 1. The van der Waals surface area contributed by atoms with Gasteiger partial charge in [0.25, 0.3) is 0 Å². The second-order valence-corrected chi connectivity index (χ2v) is 9.21. The number of hydrogen-bond acceptors (Lipinski definition) is 4. The highest BCUT2D eigenvalue weighted by atomic mass is 32.1. The summed E-state index contributed by atoms with van der Waals surface area (Å²) in [5, 5.41) is 2.47. The molecule has 1 aromatic heterocycles. The lowest BCUT2D eigenvalue weighted by Gasteiger charge is -2.18. The molecule has 1 saturated heterocycles. The predicted molar refractivity (Wildman–Crippen MR) is 111 cm³/mol. The van der Waals surface area contributed by atoms with Crippen LogP contribution in [0.15, 0.2) is 40.8 Å². The van der Waals surface area contributed by atoms with Gasteiger partial charge in [-0.25, -0.2) is 9.88 Å². The lowest BCUT2D eigenvalue weighted by molar-refractivity contribution is -0.123. The molecule has 1 aromatic carbocycles. The van der Waals surface area contributed by atoms with Crippen molar-refractivity contribution >= 4 is 28.3 Å². The van der Waals surface area contributed by atoms with Crippen LogP contribution in [0.4, 0.5) is 5.13 Å². The number of amides is 2. The van der Waals surface area contributed by atoms with Gasteiger partial charge in [0.1, 0.15) is 0 Å². The van der Waals surface area contributed by atoms with Crippen molar-refractivity contribution in [3.8, 4) is 11.3 Å². The zero-order valence-corrected chi connectivity index (χ0v) is 17.3. The molecule has 2 saturated carbocycles. The van der Waals surface area contributed by atoms with Gasteiger partial charge in [0.05, 0.1) is 17.5 Å². The number of benzene rings is 1. The summed E-state index contributed by atoms with van der Waals surface area (Å²) >= 11 is 1.39. The molecule has 28 heavy (non-hydrogen) atoms. The Kier molecular flexibility index (Phi) is 4.05. The van der Waals surface area contributed by atoms with Crippen molar-refractivity contribution in [2.45, 2.75) is 40.0 Å². The SMILES string of the molecule is CCc1ccc(-c2csc(N3C(=O)[C@@H]4[C@H](C3=O)[C@@H]3CC[C@@H]4C3=C(C)C)n2)cc1. The first-order chi connectivity index (χ1) is 13.5. The van der Waals surface area contributed by atoms with E-state index in [9.17, 15) is 9.59 Å². The summed E-state index contributed by atoms with van der Waals surface area (Å²) in [5.41, 5.74) is 5.80. The van der Waals surface area contributed by atoms with Crippen LogP contribution in [0.5, 0.6) is 0 Å². The molecule has 4 atom stereocenters. The molecule has 0 unspecified atom stereocenters. The maximum Gasteiger partial charge on any atom is 0.240 e. The van der Waals surface area contributed by atoms with Crippen LogP contribution in [-0.2, 0) is 16.0 Å². The van der Waals surface area contributed by atoms with Gasteiger partial charge >= 0.3 is 0 Å². The molecule has 144 valence electrons. The van der Waals surface area contributed by atoms with Crippen molar-refractivity contribution in [2.24, 2.45) is 23.7 Å². The van der Waals surface area contributed by atoms with E-state index in [4.69, 9.17) is 0 Å². The number of carbonyl (C=O) groups is 2. The Morgan fingerprint density at radius 2 is 1.68 bits per heavy atom. The highest BCUT2D eigenvalue weighted by molar-refractivity contribution is 7.14. The zero-order chi connectivity index (χ0) is 19.6. The fraction of sp³-hybridized carbons (Fsp3) is 0.435. The first-order valence-corrected chi connectivity index (χ1v) is 11.0. The van der Waals surface area contributed by atoms with E-state index in [0.29, 0.717) is 5.13 Å². The molecular formula is C23H24N2O2S. The molecular weight excluding hydrogens is 368 g/mol. The second kappa shape index (κ2) is 6.38. The van der Waals surface area contributed by atoms with E-state index >= 15 is 0 Å². The quantitative estimate of drug-likeness (QED) is 0.554. The Bertz CT molecular complexity index is 968. The van der Waals surface area contributed by atoms with Crippen LogP contribution in [0.25, 0.3) is 11.3 Å². The number of nitrogens with zero attached hydrogens (tertiary/aromatic N) is 2. The third-order valence-corrected chi connectivity index (χ3v) is 7.60. The van der Waals surface area contributed by atoms with E-state index in [-0.39, 0.29) is 35.5 Å². The van der Waals surface area contributed by atoms with E-state index in [1.54, 1.807) is 0 Å². The largest absolute Gasteiger partial charge is 0.274 e. The molecule has 3 fully saturated rings. The van der Waals surface area contributed by atoms with Gasteiger partial charge in [-0.15, -0.1) is 11.3 Å². The van der Waals surface area contributed by atoms with Gasteiger partial charge in [-0.2, -0.15) is 0 Å². The molecule has 2 bridgehead atoms. The van der Waals surface area contributed by atoms with Crippen molar-refractivity contribution < 1.29 is 9.59 Å². The van der Waals surface area contributed by atoms with Crippen LogP contribution in [0.2, 0.25) is 0 Å². The van der Waals surface area contributed by atoms with Crippen molar-refractivity contribution in [1.29, 1.82) is 0 Å². The van der Waals surface area contributed by atoms with Crippen molar-refractivity contribution in [3.63, 3.8) is 0 Å². The minimum absolute atomic E-state index is 0.0387. The van der Waals surface area contributed by atoms with Crippen LogP contribution in [0, 0.1) is 23.7 Å². The van der Waals surface area contributed by atoms with E-state index in [0.717, 1.165) is 30.5 Å². The molecule has 1 aliphatic heterocycles. The topological polar surface area (TPSA) is 50.3 Å². The molecule has 5 rings (SSSR count). The Morgan fingerprint density at radius 3 is 2.21 bits per heavy atom. The minimum Gasteiger partial charge on any atom is -0.274 e. The Labute approximate surface area is 169 Å². The van der Waals surface area contributed by atoms with Gasteiger partial charge in [0.2, 0.25) is 11.8 Å². The molecule has 2 heterocycles. The smallest absolute Gasteiger partial charge is 0.240 e. The summed E-state index contributed by atoms with van der Waals surface area (Å²) in [7, 11) is 0. The second-order valence-electron chi connectivity index (χ2n) is 8.37. The molecule has 2 aliphatic carbocycles. The number of imide groups is 1. The minimum atomic E-state index is -0.174. The Hall–Kier alpha value is -2.27. The normalized spacial score (nSPS) is 28.4. The number of aryl methyl sites for hydroxylation is 1. The summed E-state index contributed by atoms with van der Waals surface area (Å²) in [5.74, 6) is 0.0796. The molecule has 3 aliphatic rings. The fourth-order valence-corrected chi connectivity index (χ4v) is 6.43. The number of anilines is 1. The van der Waals surface area contributed by atoms with Crippen LogP contribution < -0.4 is 4.90 Å². The first-order valence-electron chi connectivity index (χ1n) is 10.1. The van der Waals surface area contributed by atoms with Gasteiger partial charge in [0.15, 0.2) is 5.13 Å². The van der Waals surface area contributed by atoms with E-state index in [1.807, 2.05) is 5.38 Å². The number of fused-ring (bicyclic) bond motifs is 5. The number of hydrogen-bond donors (Lipinski definition) is 0. The van der Waals surface area contributed by atoms with Crippen molar-refractivity contribution in [3.05, 3.63) is 46.4 Å². The molecule has 0 spiro atoms. The lowest BCUT2D eigenvalue weighted by atomic mass is 9.81. The summed E-state index contributed by atoms with van der Waals surface area (Å²) in [6.07, 6.45) is 3.07. The van der Waals surface area contributed by atoms with E-state index in [2.05, 4.69) is 50.0 Å². The maximum absolute atomic E-state index is 13.2. The van der Waals surface area contributed by atoms with Crippen LogP contribution in [0.3, 0.4) is 0 Å². The highest BCUT2D eigenvalue weighted by Crippen LogP contribution is 2.60. The highest BCUT2D eigenvalue weighted by Gasteiger charge is 2.64. The Morgan fingerprint density at radius 1 is 1.07 bits per heavy atom. The number of allylic oxidation sites excluding steroid dienone is 2. The maximum atomic E-state index is 13.2. The average molecular weight is 393 g/mol. The van der Waals surface area contributed by atoms with Crippen LogP contribution >= 0.6 is 11.3 Å². The summed E-state index contributed by atoms with van der Waals surface area (Å²) in [4.78, 5) is 32.5. The molecule has 2 amide bonds. The molecule has 2 aromatic rings. The van der Waals surface area contributed by atoms with Crippen LogP contribution in [-0.4, -0.2) is 16.8 Å². The third-order valence-electron chi connectivity index (χ3n) is 6.77. The number of rotatable bonds is 3. The van der Waals surface area contributed by atoms with Gasteiger partial charge < -0.3 is 0 Å². The van der Waals surface area contributed by atoms with Gasteiger partial charge in [-0.3, -0.25) is 9.59 Å². The summed E-state index contributed by atoms with van der Waals surface area (Å²) in [6.45, 7) is 6.36. The zero-order valence-electron chi connectivity index (χ0n) is 16.4. The molecule has 0 N–H and O–H groups in total. The number of aromatic nitrogens is 1. The Balaban J connectivity index is 1.46. The number of carbonyl (C=O) groups excluding carboxylic acids is 2. The summed E-state index contributed by atoms with van der Waals surface area (Å²) < 4.78 is 0. The first kappa shape index (κ1) is 17.8. The van der Waals surface area contributed by atoms with Gasteiger partial charge in [-0.1, -0.05) is 42.3 Å². The van der Waals surface area contributed by atoms with Crippen molar-refractivity contribution in [2.75, 3.05) is 4.90 Å². The predicted octanol–water partition coefficient (Wildman–Crippen LogP) is 4.85. The van der Waals surface area contributed by atoms with Gasteiger partial charge in [-0.05, 0) is 50.5 Å².